The molecule has 2 aliphatic rings. The normalized spacial score (nSPS) is 19.0. The van der Waals surface area contributed by atoms with Gasteiger partial charge in [0.25, 0.3) is 0 Å². The van der Waals surface area contributed by atoms with E-state index in [-0.39, 0.29) is 23.0 Å². The summed E-state index contributed by atoms with van der Waals surface area (Å²) in [6.45, 7) is 0. The van der Waals surface area contributed by atoms with Crippen molar-refractivity contribution < 1.29 is 38.3 Å². The summed E-state index contributed by atoms with van der Waals surface area (Å²) < 4.78 is 27.6. The van der Waals surface area contributed by atoms with E-state index in [0.717, 1.165) is 0 Å². The van der Waals surface area contributed by atoms with Crippen molar-refractivity contribution in [1.29, 1.82) is 0 Å². The average molecular weight is 412 g/mol. The third kappa shape index (κ3) is 2.61. The molecule has 0 radical (unpaired) electrons. The number of phenolic OH excluding ortho intramolecular Hbond substituents is 1. The Labute approximate surface area is 164 Å². The molecule has 8 nitrogen and oxygen atoms in total. The molecule has 146 valence electrons. The summed E-state index contributed by atoms with van der Waals surface area (Å²) in [5.74, 6) is -0.257. The van der Waals surface area contributed by atoms with Gasteiger partial charge in [-0.3, -0.25) is 9.79 Å². The molecule has 29 heavy (non-hydrogen) atoms. The molecular weight excluding hydrogens is 399 g/mol. The number of aromatic hydroxyl groups is 1. The topological polar surface area (TPSA) is 123 Å². The van der Waals surface area contributed by atoms with Crippen LogP contribution in [0.2, 0.25) is 0 Å². The van der Waals surface area contributed by atoms with Gasteiger partial charge in [-0.15, -0.1) is 0 Å². The SMILES string of the molecule is O=C1O[C@@]2(c3ccc(O)cc3Oc3cc(OP(=O)(O)O)ccc32)c2ccccc21. The number of phosphoric ester groups is 1. The van der Waals surface area contributed by atoms with E-state index in [1.54, 1.807) is 30.3 Å². The Bertz CT molecular complexity index is 1230. The van der Waals surface area contributed by atoms with Gasteiger partial charge in [0, 0.05) is 28.8 Å². The second-order valence-electron chi connectivity index (χ2n) is 6.64. The smallest absolute Gasteiger partial charge is 0.508 e. The molecule has 3 N–H and O–H groups in total. The molecule has 2 heterocycles. The molecule has 0 saturated heterocycles. The third-order valence-corrected chi connectivity index (χ3v) is 5.34. The fraction of sp³-hybridized carbons (Fsp3) is 0.0500. The molecule has 0 fully saturated rings. The van der Waals surface area contributed by atoms with Gasteiger partial charge >= 0.3 is 13.8 Å². The number of fused-ring (bicyclic) bond motifs is 6. The van der Waals surface area contributed by atoms with Crippen molar-refractivity contribution >= 4 is 13.8 Å². The van der Waals surface area contributed by atoms with Crippen LogP contribution in [0, 0.1) is 0 Å². The van der Waals surface area contributed by atoms with Crippen LogP contribution >= 0.6 is 7.82 Å². The molecule has 1 atom stereocenters. The van der Waals surface area contributed by atoms with Crippen LogP contribution in [0.4, 0.5) is 0 Å². The Morgan fingerprint density at radius 2 is 1.59 bits per heavy atom. The number of carbonyl (C=O) groups excluding carboxylic acids is 1. The highest BCUT2D eigenvalue weighted by atomic mass is 31.2. The Balaban J connectivity index is 1.79. The summed E-state index contributed by atoms with van der Waals surface area (Å²) in [5.41, 5.74) is 0.655. The van der Waals surface area contributed by atoms with Gasteiger partial charge < -0.3 is 19.1 Å². The Morgan fingerprint density at radius 1 is 0.897 bits per heavy atom. The van der Waals surface area contributed by atoms with Crippen molar-refractivity contribution in [2.75, 3.05) is 0 Å². The van der Waals surface area contributed by atoms with Gasteiger partial charge in [-0.05, 0) is 30.3 Å². The maximum absolute atomic E-state index is 12.6. The second-order valence-corrected chi connectivity index (χ2v) is 7.80. The van der Waals surface area contributed by atoms with Gasteiger partial charge in [-0.25, -0.2) is 9.36 Å². The molecule has 5 rings (SSSR count). The van der Waals surface area contributed by atoms with E-state index < -0.39 is 19.4 Å². The van der Waals surface area contributed by atoms with Crippen molar-refractivity contribution in [3.8, 4) is 23.0 Å². The van der Waals surface area contributed by atoms with Crippen LogP contribution in [0.1, 0.15) is 27.0 Å². The fourth-order valence-electron chi connectivity index (χ4n) is 3.84. The predicted octanol–water partition coefficient (Wildman–Crippen LogP) is 3.43. The number of hydrogen-bond acceptors (Lipinski definition) is 6. The number of esters is 1. The van der Waals surface area contributed by atoms with Gasteiger partial charge in [-0.2, -0.15) is 0 Å². The van der Waals surface area contributed by atoms with Crippen LogP contribution in [0.5, 0.6) is 23.0 Å². The highest BCUT2D eigenvalue weighted by Gasteiger charge is 2.53. The van der Waals surface area contributed by atoms with E-state index in [9.17, 15) is 14.5 Å². The van der Waals surface area contributed by atoms with E-state index in [0.29, 0.717) is 22.3 Å². The minimum Gasteiger partial charge on any atom is -0.508 e. The van der Waals surface area contributed by atoms with Crippen LogP contribution in [0.25, 0.3) is 0 Å². The van der Waals surface area contributed by atoms with Crippen LogP contribution in [0.15, 0.2) is 60.7 Å². The average Bonchev–Trinajstić information content (AvgIpc) is 2.94. The zero-order valence-electron chi connectivity index (χ0n) is 14.6. The van der Waals surface area contributed by atoms with Crippen molar-refractivity contribution in [2.24, 2.45) is 0 Å². The minimum absolute atomic E-state index is 0.0532. The molecule has 0 saturated carbocycles. The summed E-state index contributed by atoms with van der Waals surface area (Å²) in [6, 6.07) is 15.6. The number of rotatable bonds is 2. The number of phosphoric acid groups is 1. The quantitative estimate of drug-likeness (QED) is 0.432. The largest absolute Gasteiger partial charge is 0.524 e. The summed E-state index contributed by atoms with van der Waals surface area (Å²) in [6.07, 6.45) is 0. The van der Waals surface area contributed by atoms with E-state index in [2.05, 4.69) is 4.52 Å². The maximum Gasteiger partial charge on any atom is 0.524 e. The van der Waals surface area contributed by atoms with Crippen molar-refractivity contribution in [2.45, 2.75) is 5.60 Å². The number of hydrogen-bond donors (Lipinski definition) is 3. The van der Waals surface area contributed by atoms with Crippen LogP contribution < -0.4 is 9.26 Å². The number of phenols is 1. The van der Waals surface area contributed by atoms with Crippen LogP contribution in [-0.2, 0) is 14.9 Å². The molecule has 0 unspecified atom stereocenters. The maximum atomic E-state index is 12.6. The Kier molecular flexibility index (Phi) is 3.58. The number of carbonyl (C=O) groups is 1. The molecule has 0 amide bonds. The van der Waals surface area contributed by atoms with E-state index in [1.807, 2.05) is 0 Å². The molecule has 2 aliphatic heterocycles. The predicted molar refractivity (Wildman–Crippen MR) is 99.0 cm³/mol. The van der Waals surface area contributed by atoms with Crippen molar-refractivity contribution in [3.63, 3.8) is 0 Å². The standard InChI is InChI=1S/C20H13O8P/c21-11-5-7-15-17(9-11)26-18-10-12(28-29(23,24)25)6-8-16(18)20(15)14-4-2-1-3-13(14)19(22)27-20/h1-10,21H,(H2,23,24,25)/t20-/m1/s1. The van der Waals surface area contributed by atoms with Crippen molar-refractivity contribution in [3.05, 3.63) is 82.9 Å². The lowest BCUT2D eigenvalue weighted by Crippen LogP contribution is -2.32. The summed E-state index contributed by atoms with van der Waals surface area (Å²) in [5, 5.41) is 9.91. The lowest BCUT2D eigenvalue weighted by Gasteiger charge is -2.36. The zero-order chi connectivity index (χ0) is 20.4. The molecular formula is C20H13O8P. The Morgan fingerprint density at radius 3 is 2.34 bits per heavy atom. The lowest BCUT2D eigenvalue weighted by molar-refractivity contribution is 0.0224. The molecule has 0 aliphatic carbocycles. The summed E-state index contributed by atoms with van der Waals surface area (Å²) in [7, 11) is -4.78. The monoisotopic (exact) mass is 412 g/mol. The molecule has 9 heteroatoms. The van der Waals surface area contributed by atoms with Gasteiger partial charge in [0.2, 0.25) is 0 Å². The minimum atomic E-state index is -4.78. The van der Waals surface area contributed by atoms with Gasteiger partial charge in [0.1, 0.15) is 23.0 Å². The lowest BCUT2D eigenvalue weighted by atomic mass is 9.77. The first-order valence-electron chi connectivity index (χ1n) is 8.52. The van der Waals surface area contributed by atoms with E-state index in [1.165, 1.54) is 30.3 Å². The van der Waals surface area contributed by atoms with Gasteiger partial charge in [-0.1, -0.05) is 18.2 Å². The first-order valence-corrected chi connectivity index (χ1v) is 10.0. The summed E-state index contributed by atoms with van der Waals surface area (Å²) >= 11 is 0. The molecule has 1 spiro atoms. The highest BCUT2D eigenvalue weighted by Crippen LogP contribution is 2.57. The van der Waals surface area contributed by atoms with Crippen LogP contribution in [-0.4, -0.2) is 20.9 Å². The molecule has 3 aromatic rings. The van der Waals surface area contributed by atoms with Gasteiger partial charge in [0.15, 0.2) is 5.60 Å². The molecule has 0 bridgehead atoms. The molecule has 0 aromatic heterocycles. The number of ether oxygens (including phenoxy) is 2. The fourth-order valence-corrected chi connectivity index (χ4v) is 4.23. The Hall–Kier alpha value is -3.32. The summed E-state index contributed by atoms with van der Waals surface area (Å²) in [4.78, 5) is 30.8. The highest BCUT2D eigenvalue weighted by molar-refractivity contribution is 7.46. The molecule has 3 aromatic carbocycles. The second kappa shape index (κ2) is 5.84. The first-order chi connectivity index (χ1) is 13.8. The zero-order valence-corrected chi connectivity index (χ0v) is 15.5. The van der Waals surface area contributed by atoms with Crippen LogP contribution in [0.3, 0.4) is 0 Å². The number of benzene rings is 3. The van der Waals surface area contributed by atoms with E-state index >= 15 is 0 Å². The van der Waals surface area contributed by atoms with Crippen molar-refractivity contribution in [1.82, 2.24) is 0 Å². The van der Waals surface area contributed by atoms with Gasteiger partial charge in [0.05, 0.1) is 5.56 Å². The first kappa shape index (κ1) is 17.8. The van der Waals surface area contributed by atoms with E-state index in [4.69, 9.17) is 19.3 Å². The third-order valence-electron chi connectivity index (χ3n) is 4.89.